The van der Waals surface area contributed by atoms with Crippen molar-refractivity contribution >= 4 is 39.5 Å². The number of amides is 1. The van der Waals surface area contributed by atoms with Crippen LogP contribution in [0.3, 0.4) is 0 Å². The van der Waals surface area contributed by atoms with Crippen molar-refractivity contribution in [1.29, 1.82) is 0 Å². The second-order valence-electron chi connectivity index (χ2n) is 5.50. The molecule has 2 aromatic heterocycles. The van der Waals surface area contributed by atoms with Crippen LogP contribution in [-0.2, 0) is 0 Å². The Labute approximate surface area is 155 Å². The first-order chi connectivity index (χ1) is 12.5. The van der Waals surface area contributed by atoms with Crippen molar-refractivity contribution in [2.75, 3.05) is 5.32 Å². The molecule has 0 aliphatic rings. The molecule has 0 unspecified atom stereocenters. The molecule has 130 valence electrons. The molecule has 0 bridgehead atoms. The minimum Gasteiger partial charge on any atom is -0.322 e. The fourth-order valence-electron chi connectivity index (χ4n) is 2.49. The second kappa shape index (κ2) is 6.51. The third kappa shape index (κ3) is 3.07. The van der Waals surface area contributed by atoms with Gasteiger partial charge in [-0.1, -0.05) is 23.7 Å². The molecule has 0 saturated carbocycles. The van der Waals surface area contributed by atoms with Gasteiger partial charge < -0.3 is 5.32 Å². The van der Waals surface area contributed by atoms with Crippen LogP contribution in [0, 0.1) is 11.6 Å². The van der Waals surface area contributed by atoms with E-state index in [1.165, 1.54) is 0 Å². The van der Waals surface area contributed by atoms with Crippen LogP contribution in [-0.4, -0.2) is 15.3 Å². The molecular formula is C18H10ClF2N3OS. The number of aromatic nitrogens is 2. The highest BCUT2D eigenvalue weighted by atomic mass is 35.5. The van der Waals surface area contributed by atoms with E-state index in [0.29, 0.717) is 5.69 Å². The van der Waals surface area contributed by atoms with Crippen LogP contribution in [0.5, 0.6) is 0 Å². The largest absolute Gasteiger partial charge is 0.322 e. The Kier molecular flexibility index (Phi) is 4.18. The van der Waals surface area contributed by atoms with E-state index in [4.69, 9.17) is 11.6 Å². The van der Waals surface area contributed by atoms with Crippen molar-refractivity contribution in [3.8, 4) is 11.3 Å². The monoisotopic (exact) mass is 389 g/mol. The van der Waals surface area contributed by atoms with Crippen molar-refractivity contribution in [2.45, 2.75) is 0 Å². The highest BCUT2D eigenvalue weighted by Crippen LogP contribution is 2.24. The average molecular weight is 390 g/mol. The smallest absolute Gasteiger partial charge is 0.257 e. The molecule has 2 aromatic carbocycles. The topological polar surface area (TPSA) is 46.4 Å². The number of rotatable bonds is 3. The van der Waals surface area contributed by atoms with E-state index in [0.717, 1.165) is 28.4 Å². The van der Waals surface area contributed by atoms with Gasteiger partial charge in [0.1, 0.15) is 0 Å². The molecule has 0 saturated heterocycles. The van der Waals surface area contributed by atoms with Crippen LogP contribution >= 0.6 is 22.9 Å². The summed E-state index contributed by atoms with van der Waals surface area (Å²) >= 11 is 7.36. The molecule has 0 atom stereocenters. The number of hydrogen-bond acceptors (Lipinski definition) is 3. The first-order valence-corrected chi connectivity index (χ1v) is 8.75. The van der Waals surface area contributed by atoms with E-state index < -0.39 is 17.5 Å². The fourth-order valence-corrected chi connectivity index (χ4v) is 3.42. The van der Waals surface area contributed by atoms with Crippen molar-refractivity contribution in [3.63, 3.8) is 0 Å². The molecule has 4 aromatic rings. The normalized spacial score (nSPS) is 11.0. The van der Waals surface area contributed by atoms with Crippen LogP contribution in [0.4, 0.5) is 14.5 Å². The Morgan fingerprint density at radius 3 is 2.62 bits per heavy atom. The summed E-state index contributed by atoms with van der Waals surface area (Å²) in [5.74, 6) is -2.85. The van der Waals surface area contributed by atoms with Gasteiger partial charge in [-0.2, -0.15) is 0 Å². The lowest BCUT2D eigenvalue weighted by molar-refractivity contribution is 0.102. The van der Waals surface area contributed by atoms with Gasteiger partial charge in [0, 0.05) is 29.0 Å². The number of imidazole rings is 1. The Balaban J connectivity index is 1.55. The van der Waals surface area contributed by atoms with Gasteiger partial charge in [-0.25, -0.2) is 13.8 Å². The molecule has 1 N–H and O–H groups in total. The number of nitrogens with one attached hydrogen (secondary N) is 1. The van der Waals surface area contributed by atoms with Crippen molar-refractivity contribution in [2.24, 2.45) is 0 Å². The average Bonchev–Trinajstić information content (AvgIpc) is 3.20. The van der Waals surface area contributed by atoms with E-state index in [2.05, 4.69) is 10.3 Å². The maximum Gasteiger partial charge on any atom is 0.257 e. The van der Waals surface area contributed by atoms with Gasteiger partial charge in [0.25, 0.3) is 5.91 Å². The van der Waals surface area contributed by atoms with Gasteiger partial charge in [0.05, 0.1) is 16.3 Å². The molecule has 8 heteroatoms. The third-order valence-corrected chi connectivity index (χ3v) is 4.87. The maximum absolute atomic E-state index is 13.3. The lowest BCUT2D eigenvalue weighted by atomic mass is 10.1. The molecular weight excluding hydrogens is 380 g/mol. The summed E-state index contributed by atoms with van der Waals surface area (Å²) in [6, 6.07) is 8.59. The predicted molar refractivity (Wildman–Crippen MR) is 97.8 cm³/mol. The van der Waals surface area contributed by atoms with Gasteiger partial charge in [-0.05, 0) is 24.3 Å². The zero-order valence-electron chi connectivity index (χ0n) is 13.0. The second-order valence-corrected chi connectivity index (χ2v) is 6.78. The molecule has 26 heavy (non-hydrogen) atoms. The van der Waals surface area contributed by atoms with E-state index in [1.807, 2.05) is 34.3 Å². The molecule has 2 heterocycles. The maximum atomic E-state index is 13.3. The summed E-state index contributed by atoms with van der Waals surface area (Å²) in [5, 5.41) is 4.41. The van der Waals surface area contributed by atoms with Crippen molar-refractivity contribution in [3.05, 3.63) is 76.4 Å². The fraction of sp³-hybridized carbons (Fsp3) is 0. The van der Waals surface area contributed by atoms with Crippen LogP contribution in [0.2, 0.25) is 5.02 Å². The van der Waals surface area contributed by atoms with Crippen LogP contribution < -0.4 is 5.32 Å². The number of halogens is 3. The molecule has 1 amide bonds. The minimum absolute atomic E-state index is 0.135. The first-order valence-electron chi connectivity index (χ1n) is 7.50. The van der Waals surface area contributed by atoms with E-state index in [-0.39, 0.29) is 10.6 Å². The van der Waals surface area contributed by atoms with Gasteiger partial charge in [-0.15, -0.1) is 11.3 Å². The molecule has 0 radical (unpaired) electrons. The molecule has 4 nitrogen and oxygen atoms in total. The summed E-state index contributed by atoms with van der Waals surface area (Å²) in [6.07, 6.45) is 3.84. The molecule has 4 rings (SSSR count). The molecule has 0 spiro atoms. The van der Waals surface area contributed by atoms with Gasteiger partial charge in [0.2, 0.25) is 0 Å². The summed E-state index contributed by atoms with van der Waals surface area (Å²) in [4.78, 5) is 17.6. The van der Waals surface area contributed by atoms with E-state index in [9.17, 15) is 13.6 Å². The van der Waals surface area contributed by atoms with E-state index in [1.54, 1.807) is 23.5 Å². The zero-order chi connectivity index (χ0) is 18.3. The van der Waals surface area contributed by atoms with E-state index >= 15 is 0 Å². The number of fused-ring (bicyclic) bond motifs is 1. The minimum atomic E-state index is -1.13. The highest BCUT2D eigenvalue weighted by Gasteiger charge is 2.15. The third-order valence-electron chi connectivity index (χ3n) is 3.79. The zero-order valence-corrected chi connectivity index (χ0v) is 14.6. The van der Waals surface area contributed by atoms with Crippen LogP contribution in [0.25, 0.3) is 16.2 Å². The van der Waals surface area contributed by atoms with Gasteiger partial charge >= 0.3 is 0 Å². The quantitative estimate of drug-likeness (QED) is 0.486. The Morgan fingerprint density at radius 2 is 1.88 bits per heavy atom. The number of carbonyl (C=O) groups excluding carboxylic acids is 1. The first kappa shape index (κ1) is 16.7. The lowest BCUT2D eigenvalue weighted by Gasteiger charge is -2.08. The summed E-state index contributed by atoms with van der Waals surface area (Å²) in [5.41, 5.74) is 2.08. The molecule has 0 fully saturated rings. The van der Waals surface area contributed by atoms with Crippen molar-refractivity contribution in [1.82, 2.24) is 9.38 Å². The highest BCUT2D eigenvalue weighted by molar-refractivity contribution is 7.15. The van der Waals surface area contributed by atoms with Gasteiger partial charge in [-0.3, -0.25) is 9.20 Å². The number of benzene rings is 2. The summed E-state index contributed by atoms with van der Waals surface area (Å²) < 4.78 is 28.4. The van der Waals surface area contributed by atoms with Gasteiger partial charge in [0.15, 0.2) is 16.6 Å². The van der Waals surface area contributed by atoms with Crippen LogP contribution in [0.15, 0.2) is 54.2 Å². The Hall–Kier alpha value is -2.77. The number of nitrogens with zero attached hydrogens (tertiary/aromatic N) is 2. The predicted octanol–water partition coefficient (Wildman–Crippen LogP) is 5.25. The number of thiazole rings is 1. The molecule has 0 aliphatic carbocycles. The standard InChI is InChI=1S/C18H10ClF2N3OS/c19-13-8-15(21)14(20)7-12(13)17(25)22-11-3-1-10(2-4-11)16-9-24-5-6-26-18(24)23-16/h1-9H,(H,22,25). The summed E-state index contributed by atoms with van der Waals surface area (Å²) in [7, 11) is 0. The number of anilines is 1. The van der Waals surface area contributed by atoms with Crippen LogP contribution in [0.1, 0.15) is 10.4 Å². The SMILES string of the molecule is O=C(Nc1ccc(-c2cn3ccsc3n2)cc1)c1cc(F)c(F)cc1Cl. The Morgan fingerprint density at radius 1 is 1.15 bits per heavy atom. The number of hydrogen-bond donors (Lipinski definition) is 1. The number of carbonyl (C=O) groups is 1. The summed E-state index contributed by atoms with van der Waals surface area (Å²) in [6.45, 7) is 0. The lowest BCUT2D eigenvalue weighted by Crippen LogP contribution is -2.13. The van der Waals surface area contributed by atoms with Crippen molar-refractivity contribution < 1.29 is 13.6 Å². The molecule has 0 aliphatic heterocycles. The Bertz CT molecular complexity index is 1090.